The second-order valence-corrected chi connectivity index (χ2v) is 8.12. The van der Waals surface area contributed by atoms with E-state index in [2.05, 4.69) is 12.2 Å². The van der Waals surface area contributed by atoms with Crippen LogP contribution in [0.1, 0.15) is 34.0 Å². The van der Waals surface area contributed by atoms with Crippen LogP contribution < -0.4 is 10.2 Å². The minimum Gasteiger partial charge on any atom is -0.322 e. The summed E-state index contributed by atoms with van der Waals surface area (Å²) in [5.74, 6) is -0.467. The van der Waals surface area contributed by atoms with Gasteiger partial charge in [0.15, 0.2) is 0 Å². The lowest BCUT2D eigenvalue weighted by Gasteiger charge is -2.28. The molecule has 0 aliphatic carbocycles. The molecule has 0 saturated carbocycles. The zero-order valence-corrected chi connectivity index (χ0v) is 17.7. The Morgan fingerprint density at radius 1 is 0.938 bits per heavy atom. The molecule has 2 aliphatic heterocycles. The highest BCUT2D eigenvalue weighted by Gasteiger charge is 2.47. The van der Waals surface area contributed by atoms with Gasteiger partial charge in [-0.15, -0.1) is 0 Å². The van der Waals surface area contributed by atoms with E-state index in [9.17, 15) is 14.4 Å². The minimum atomic E-state index is -0.480. The molecule has 0 unspecified atom stereocenters. The molecule has 0 spiro atoms. The third-order valence-corrected chi connectivity index (χ3v) is 6.20. The summed E-state index contributed by atoms with van der Waals surface area (Å²) in [6, 6.07) is 21.4. The van der Waals surface area contributed by atoms with E-state index < -0.39 is 6.04 Å². The summed E-state index contributed by atoms with van der Waals surface area (Å²) in [6.07, 6.45) is 1.46. The normalized spacial score (nSPS) is 17.2. The van der Waals surface area contributed by atoms with Gasteiger partial charge < -0.3 is 10.2 Å². The van der Waals surface area contributed by atoms with E-state index >= 15 is 0 Å². The maximum atomic E-state index is 13.1. The highest BCUT2D eigenvalue weighted by molar-refractivity contribution is 6.21. The van der Waals surface area contributed by atoms with Crippen molar-refractivity contribution in [2.45, 2.75) is 32.4 Å². The van der Waals surface area contributed by atoms with Gasteiger partial charge in [-0.1, -0.05) is 43.3 Å². The van der Waals surface area contributed by atoms with Gasteiger partial charge in [-0.3, -0.25) is 9.59 Å². The Morgan fingerprint density at radius 3 is 2.31 bits per heavy atom. The SMILES string of the molecule is CCc1ccc(NC(=O)c2ccc(N3C(=O)[C@H]4Cc5ccccc5CN4C3=O)cc2)cc1. The van der Waals surface area contributed by atoms with Crippen LogP contribution in [0.3, 0.4) is 0 Å². The van der Waals surface area contributed by atoms with Crippen molar-refractivity contribution in [2.24, 2.45) is 0 Å². The summed E-state index contributed by atoms with van der Waals surface area (Å²) >= 11 is 0. The quantitative estimate of drug-likeness (QED) is 0.630. The van der Waals surface area contributed by atoms with Gasteiger partial charge in [0.05, 0.1) is 5.69 Å². The van der Waals surface area contributed by atoms with Crippen LogP contribution in [0.25, 0.3) is 0 Å². The van der Waals surface area contributed by atoms with Crippen molar-refractivity contribution >= 4 is 29.2 Å². The number of hydrogen-bond acceptors (Lipinski definition) is 3. The Kier molecular flexibility index (Phi) is 4.98. The number of fused-ring (bicyclic) bond motifs is 2. The molecule has 0 radical (unpaired) electrons. The molecule has 0 bridgehead atoms. The third-order valence-electron chi connectivity index (χ3n) is 6.20. The number of nitrogens with zero attached hydrogens (tertiary/aromatic N) is 2. The Labute approximate surface area is 186 Å². The largest absolute Gasteiger partial charge is 0.332 e. The molecule has 1 N–H and O–H groups in total. The van der Waals surface area contributed by atoms with E-state index in [0.717, 1.165) is 23.2 Å². The maximum Gasteiger partial charge on any atom is 0.332 e. The average molecular weight is 425 g/mol. The Bertz CT molecular complexity index is 1160. The van der Waals surface area contributed by atoms with Crippen molar-refractivity contribution in [3.63, 3.8) is 0 Å². The van der Waals surface area contributed by atoms with Gasteiger partial charge in [-0.05, 0) is 59.5 Å². The van der Waals surface area contributed by atoms with Gasteiger partial charge in [0.2, 0.25) is 0 Å². The first-order chi connectivity index (χ1) is 15.5. The number of carbonyl (C=O) groups is 3. The Morgan fingerprint density at radius 2 is 1.62 bits per heavy atom. The van der Waals surface area contributed by atoms with Crippen molar-refractivity contribution < 1.29 is 14.4 Å². The van der Waals surface area contributed by atoms with Gasteiger partial charge in [0.25, 0.3) is 11.8 Å². The first-order valence-corrected chi connectivity index (χ1v) is 10.8. The zero-order valence-electron chi connectivity index (χ0n) is 17.7. The van der Waals surface area contributed by atoms with Crippen LogP contribution >= 0.6 is 0 Å². The predicted octanol–water partition coefficient (Wildman–Crippen LogP) is 4.39. The van der Waals surface area contributed by atoms with E-state index in [0.29, 0.717) is 24.2 Å². The molecule has 0 aromatic heterocycles. The first kappa shape index (κ1) is 20.0. The molecule has 2 heterocycles. The zero-order chi connectivity index (χ0) is 22.2. The van der Waals surface area contributed by atoms with Crippen molar-refractivity contribution in [3.8, 4) is 0 Å². The standard InChI is InChI=1S/C26H23N3O3/c1-2-17-7-11-21(12-8-17)27-24(30)18-9-13-22(14-10-18)29-25(31)23-15-19-5-3-4-6-20(19)16-28(23)26(29)32/h3-14,23H,2,15-16H2,1H3,(H,27,30)/t23-/m1/s1. The van der Waals surface area contributed by atoms with Gasteiger partial charge in [0, 0.05) is 24.2 Å². The van der Waals surface area contributed by atoms with Crippen molar-refractivity contribution in [1.82, 2.24) is 4.90 Å². The predicted molar refractivity (Wildman–Crippen MR) is 123 cm³/mol. The first-order valence-electron chi connectivity index (χ1n) is 10.8. The van der Waals surface area contributed by atoms with E-state index in [4.69, 9.17) is 0 Å². The van der Waals surface area contributed by atoms with Gasteiger partial charge in [0.1, 0.15) is 6.04 Å². The molecule has 4 amide bonds. The van der Waals surface area contributed by atoms with Crippen molar-refractivity contribution in [2.75, 3.05) is 10.2 Å². The second-order valence-electron chi connectivity index (χ2n) is 8.12. The van der Waals surface area contributed by atoms with Crippen LogP contribution in [0, 0.1) is 0 Å². The monoisotopic (exact) mass is 425 g/mol. The molecule has 1 fully saturated rings. The summed E-state index contributed by atoms with van der Waals surface area (Å²) in [5, 5.41) is 2.87. The van der Waals surface area contributed by atoms with Crippen molar-refractivity contribution in [1.29, 1.82) is 0 Å². The lowest BCUT2D eigenvalue weighted by molar-refractivity contribution is -0.120. The van der Waals surface area contributed by atoms with Crippen molar-refractivity contribution in [3.05, 3.63) is 95.1 Å². The molecule has 1 saturated heterocycles. The summed E-state index contributed by atoms with van der Waals surface area (Å²) in [5.41, 5.74) is 5.03. The van der Waals surface area contributed by atoms with Crippen LogP contribution in [-0.4, -0.2) is 28.8 Å². The summed E-state index contributed by atoms with van der Waals surface area (Å²) in [4.78, 5) is 41.5. The van der Waals surface area contributed by atoms with E-state index in [1.807, 2.05) is 48.5 Å². The number of hydrogen-bond donors (Lipinski definition) is 1. The fourth-order valence-electron chi connectivity index (χ4n) is 4.34. The lowest BCUT2D eigenvalue weighted by Crippen LogP contribution is -2.39. The van der Waals surface area contributed by atoms with Crippen LogP contribution in [0.4, 0.5) is 16.2 Å². The van der Waals surface area contributed by atoms with E-state index in [-0.39, 0.29) is 17.8 Å². The highest BCUT2D eigenvalue weighted by Crippen LogP contribution is 2.33. The smallest absolute Gasteiger partial charge is 0.322 e. The van der Waals surface area contributed by atoms with Gasteiger partial charge >= 0.3 is 6.03 Å². The Hall–Kier alpha value is -3.93. The van der Waals surface area contributed by atoms with Crippen LogP contribution in [-0.2, 0) is 24.2 Å². The van der Waals surface area contributed by atoms with E-state index in [1.54, 1.807) is 29.2 Å². The Balaban J connectivity index is 1.32. The van der Waals surface area contributed by atoms with Gasteiger partial charge in [-0.25, -0.2) is 9.69 Å². The molecule has 5 rings (SSSR count). The number of anilines is 2. The molecule has 6 heteroatoms. The number of aryl methyl sites for hydroxylation is 1. The highest BCUT2D eigenvalue weighted by atomic mass is 16.2. The molecule has 32 heavy (non-hydrogen) atoms. The minimum absolute atomic E-state index is 0.224. The number of nitrogens with one attached hydrogen (secondary N) is 1. The number of benzene rings is 3. The van der Waals surface area contributed by atoms with Crippen LogP contribution in [0.2, 0.25) is 0 Å². The topological polar surface area (TPSA) is 69.7 Å². The molecule has 1 atom stereocenters. The number of carbonyl (C=O) groups excluding carboxylic acids is 3. The number of imide groups is 1. The van der Waals surface area contributed by atoms with Gasteiger partial charge in [-0.2, -0.15) is 0 Å². The average Bonchev–Trinajstić information content (AvgIpc) is 3.07. The van der Waals surface area contributed by atoms with Crippen LogP contribution in [0.5, 0.6) is 0 Å². The number of amides is 4. The molecular formula is C26H23N3O3. The fourth-order valence-corrected chi connectivity index (χ4v) is 4.34. The summed E-state index contributed by atoms with van der Waals surface area (Å²) in [7, 11) is 0. The van der Waals surface area contributed by atoms with E-state index in [1.165, 1.54) is 10.5 Å². The third kappa shape index (κ3) is 3.43. The lowest BCUT2D eigenvalue weighted by atomic mass is 9.95. The number of urea groups is 1. The molecule has 2 aliphatic rings. The number of rotatable bonds is 4. The molecule has 160 valence electrons. The fraction of sp³-hybridized carbons (Fsp3) is 0.192. The second kappa shape index (κ2) is 7.96. The maximum absolute atomic E-state index is 13.1. The molecule has 3 aromatic carbocycles. The summed E-state index contributed by atoms with van der Waals surface area (Å²) in [6.45, 7) is 2.51. The summed E-state index contributed by atoms with van der Waals surface area (Å²) < 4.78 is 0. The molecule has 6 nitrogen and oxygen atoms in total. The molecule has 3 aromatic rings. The molecular weight excluding hydrogens is 402 g/mol. The van der Waals surface area contributed by atoms with Crippen LogP contribution in [0.15, 0.2) is 72.8 Å².